The number of benzene rings is 1. The summed E-state index contributed by atoms with van der Waals surface area (Å²) in [6.07, 6.45) is 8.74. The lowest BCUT2D eigenvalue weighted by Crippen LogP contribution is -2.33. The SMILES string of the molecule is CC(C)=C/N=C(\C=C(/C)c1ccc(CNC(=O)/C(C=N)=C/NC(C)(C)C)c(C)c1)Nc1cc2n(n1)CCC2. The third-order valence-electron chi connectivity index (χ3n) is 6.05. The Bertz CT molecular complexity index is 1280. The molecule has 1 aromatic carbocycles. The Labute approximate surface area is 226 Å². The first kappa shape index (κ1) is 28.6. The fourth-order valence-electron chi connectivity index (χ4n) is 3.93. The number of rotatable bonds is 9. The zero-order chi connectivity index (χ0) is 27.9. The monoisotopic (exact) mass is 515 g/mol. The Kier molecular flexibility index (Phi) is 9.45. The lowest BCUT2D eigenvalue weighted by Gasteiger charge is -2.19. The topological polar surface area (TPSA) is 107 Å². The molecule has 1 aliphatic rings. The molecule has 0 radical (unpaired) electrons. The highest BCUT2D eigenvalue weighted by Gasteiger charge is 2.14. The number of aryl methyl sites for hydroxylation is 3. The molecule has 2 aromatic rings. The van der Waals surface area contributed by atoms with Crippen molar-refractivity contribution in [3.63, 3.8) is 0 Å². The number of amidine groups is 1. The van der Waals surface area contributed by atoms with Crippen molar-refractivity contribution in [1.82, 2.24) is 20.4 Å². The Balaban J connectivity index is 1.72. The maximum Gasteiger partial charge on any atom is 0.254 e. The van der Waals surface area contributed by atoms with E-state index in [9.17, 15) is 4.79 Å². The number of amides is 1. The lowest BCUT2D eigenvalue weighted by atomic mass is 10.00. The van der Waals surface area contributed by atoms with Crippen LogP contribution in [0.25, 0.3) is 5.57 Å². The Morgan fingerprint density at radius 1 is 1.21 bits per heavy atom. The van der Waals surface area contributed by atoms with Crippen LogP contribution in [-0.4, -0.2) is 33.3 Å². The van der Waals surface area contributed by atoms with Crippen LogP contribution in [-0.2, 0) is 24.3 Å². The smallest absolute Gasteiger partial charge is 0.254 e. The standard InChI is InChI=1S/C30H41N7O/c1-20(2)17-32-27(35-28-15-26-9-8-12-37(26)36-28)14-22(4)23-10-11-24(21(3)13-23)18-33-29(38)25(16-31)19-34-30(5,6)7/h10-11,13-17,19,31,34H,8-9,12,18H2,1-7H3,(H,33,38)(H,32,35,36)/b22-14+,25-19+,31-16?. The van der Waals surface area contributed by atoms with Gasteiger partial charge in [0.15, 0.2) is 5.82 Å². The van der Waals surface area contributed by atoms with Crippen molar-refractivity contribution in [2.45, 2.75) is 79.9 Å². The van der Waals surface area contributed by atoms with E-state index in [0.717, 1.165) is 65.1 Å². The van der Waals surface area contributed by atoms with Gasteiger partial charge in [0.25, 0.3) is 5.91 Å². The van der Waals surface area contributed by atoms with Crippen LogP contribution < -0.4 is 16.0 Å². The molecule has 3 rings (SSSR count). The fraction of sp³-hybridized carbons (Fsp3) is 0.400. The second-order valence-corrected chi connectivity index (χ2v) is 11.0. The molecule has 0 spiro atoms. The van der Waals surface area contributed by atoms with Gasteiger partial charge in [0.1, 0.15) is 5.84 Å². The van der Waals surface area contributed by atoms with Crippen LogP contribution in [0.2, 0.25) is 0 Å². The van der Waals surface area contributed by atoms with Gasteiger partial charge in [-0.1, -0.05) is 23.8 Å². The first-order chi connectivity index (χ1) is 17.9. The highest BCUT2D eigenvalue weighted by molar-refractivity contribution is 6.11. The van der Waals surface area contributed by atoms with Crippen LogP contribution in [0.3, 0.4) is 0 Å². The van der Waals surface area contributed by atoms with Crippen LogP contribution in [0.4, 0.5) is 5.82 Å². The summed E-state index contributed by atoms with van der Waals surface area (Å²) in [5, 5.41) is 21.7. The third kappa shape index (κ3) is 8.30. The van der Waals surface area contributed by atoms with Gasteiger partial charge in [-0.3, -0.25) is 9.48 Å². The van der Waals surface area contributed by atoms with Crippen molar-refractivity contribution >= 4 is 29.3 Å². The molecule has 0 saturated heterocycles. The van der Waals surface area contributed by atoms with Gasteiger partial charge in [0.05, 0.1) is 5.57 Å². The third-order valence-corrected chi connectivity index (χ3v) is 6.05. The van der Waals surface area contributed by atoms with Gasteiger partial charge in [-0.05, 0) is 89.6 Å². The first-order valence-corrected chi connectivity index (χ1v) is 13.0. The molecule has 0 atom stereocenters. The predicted molar refractivity (Wildman–Crippen MR) is 157 cm³/mol. The largest absolute Gasteiger partial charge is 0.386 e. The van der Waals surface area contributed by atoms with Gasteiger partial charge in [0, 0.05) is 49.0 Å². The minimum atomic E-state index is -0.284. The van der Waals surface area contributed by atoms with E-state index in [0.29, 0.717) is 6.54 Å². The van der Waals surface area contributed by atoms with Crippen molar-refractivity contribution in [2.24, 2.45) is 4.99 Å². The summed E-state index contributed by atoms with van der Waals surface area (Å²) in [6.45, 7) is 15.5. The molecule has 202 valence electrons. The zero-order valence-corrected chi connectivity index (χ0v) is 23.7. The van der Waals surface area contributed by atoms with Crippen molar-refractivity contribution in [2.75, 3.05) is 5.32 Å². The zero-order valence-electron chi connectivity index (χ0n) is 23.7. The second kappa shape index (κ2) is 12.5. The van der Waals surface area contributed by atoms with E-state index >= 15 is 0 Å². The molecule has 2 heterocycles. The first-order valence-electron chi connectivity index (χ1n) is 13.0. The average molecular weight is 516 g/mol. The molecule has 1 aromatic heterocycles. The predicted octanol–water partition coefficient (Wildman–Crippen LogP) is 5.51. The molecule has 8 heteroatoms. The van der Waals surface area contributed by atoms with Crippen LogP contribution in [0, 0.1) is 12.3 Å². The lowest BCUT2D eigenvalue weighted by molar-refractivity contribution is -0.117. The van der Waals surface area contributed by atoms with Crippen LogP contribution in [0.15, 0.2) is 58.9 Å². The van der Waals surface area contributed by atoms with Crippen LogP contribution in [0.1, 0.15) is 70.3 Å². The summed E-state index contributed by atoms with van der Waals surface area (Å²) in [4.78, 5) is 17.2. The Morgan fingerprint density at radius 2 is 1.97 bits per heavy atom. The average Bonchev–Trinajstić information content (AvgIpc) is 3.43. The van der Waals surface area contributed by atoms with Gasteiger partial charge in [-0.2, -0.15) is 5.10 Å². The maximum atomic E-state index is 12.6. The summed E-state index contributed by atoms with van der Waals surface area (Å²) in [7, 11) is 0. The molecule has 0 fully saturated rings. The molecule has 1 aliphatic heterocycles. The number of anilines is 1. The summed E-state index contributed by atoms with van der Waals surface area (Å²) < 4.78 is 2.06. The number of carbonyl (C=O) groups excluding carboxylic acids is 1. The number of allylic oxidation sites excluding steroid dienone is 2. The van der Waals surface area contributed by atoms with Gasteiger partial charge in [-0.15, -0.1) is 0 Å². The van der Waals surface area contributed by atoms with Crippen LogP contribution >= 0.6 is 0 Å². The number of nitrogens with one attached hydrogen (secondary N) is 4. The number of carbonyl (C=O) groups is 1. The highest BCUT2D eigenvalue weighted by atomic mass is 16.1. The van der Waals surface area contributed by atoms with E-state index in [1.165, 1.54) is 5.69 Å². The summed E-state index contributed by atoms with van der Waals surface area (Å²) in [6, 6.07) is 8.30. The minimum absolute atomic E-state index is 0.184. The summed E-state index contributed by atoms with van der Waals surface area (Å²) in [5.41, 5.74) is 6.69. The molecule has 1 amide bonds. The van der Waals surface area contributed by atoms with Gasteiger partial charge < -0.3 is 21.4 Å². The van der Waals surface area contributed by atoms with Crippen molar-refractivity contribution in [3.05, 3.63) is 76.3 Å². The second-order valence-electron chi connectivity index (χ2n) is 11.0. The summed E-state index contributed by atoms with van der Waals surface area (Å²) in [5.74, 6) is 1.25. The highest BCUT2D eigenvalue weighted by Crippen LogP contribution is 2.21. The molecular formula is C30H41N7O. The molecule has 0 unspecified atom stereocenters. The number of hydrogen-bond acceptors (Lipinski definition) is 5. The van der Waals surface area contributed by atoms with E-state index in [4.69, 9.17) is 5.41 Å². The number of fused-ring (bicyclic) bond motifs is 1. The van der Waals surface area contributed by atoms with Crippen molar-refractivity contribution < 1.29 is 4.79 Å². The molecule has 4 N–H and O–H groups in total. The molecule has 0 saturated carbocycles. The molecule has 38 heavy (non-hydrogen) atoms. The molecular weight excluding hydrogens is 474 g/mol. The number of hydrogen-bond donors (Lipinski definition) is 4. The number of aliphatic imine (C=N–C) groups is 1. The minimum Gasteiger partial charge on any atom is -0.386 e. The van der Waals surface area contributed by atoms with E-state index in [-0.39, 0.29) is 17.0 Å². The summed E-state index contributed by atoms with van der Waals surface area (Å²) >= 11 is 0. The van der Waals surface area contributed by atoms with E-state index in [1.54, 1.807) is 6.20 Å². The molecule has 0 bridgehead atoms. The normalized spacial score (nSPS) is 14.1. The van der Waals surface area contributed by atoms with Crippen LogP contribution in [0.5, 0.6) is 0 Å². The fourth-order valence-corrected chi connectivity index (χ4v) is 3.93. The number of aromatic nitrogens is 2. The van der Waals surface area contributed by atoms with Crippen molar-refractivity contribution in [1.29, 1.82) is 5.41 Å². The van der Waals surface area contributed by atoms with Crippen molar-refractivity contribution in [3.8, 4) is 0 Å². The van der Waals surface area contributed by atoms with E-state index in [2.05, 4.69) is 55.8 Å². The van der Waals surface area contributed by atoms with Gasteiger partial charge in [-0.25, -0.2) is 4.99 Å². The number of nitrogens with zero attached hydrogens (tertiary/aromatic N) is 3. The van der Waals surface area contributed by atoms with E-state index < -0.39 is 0 Å². The van der Waals surface area contributed by atoms with Gasteiger partial charge >= 0.3 is 0 Å². The molecule has 0 aliphatic carbocycles. The maximum absolute atomic E-state index is 12.6. The Morgan fingerprint density at radius 3 is 2.61 bits per heavy atom. The molecule has 8 nitrogen and oxygen atoms in total. The Hall–Kier alpha value is -3.94. The van der Waals surface area contributed by atoms with Gasteiger partial charge in [0.2, 0.25) is 0 Å². The van der Waals surface area contributed by atoms with E-state index in [1.807, 2.05) is 59.9 Å². The quantitative estimate of drug-likeness (QED) is 0.201.